The van der Waals surface area contributed by atoms with Crippen LogP contribution in [0.1, 0.15) is 10.4 Å². The zero-order valence-electron chi connectivity index (χ0n) is 13.4. The number of carbonyl (C=O) groups excluding carboxylic acids is 1. The van der Waals surface area contributed by atoms with Crippen molar-refractivity contribution in [2.75, 3.05) is 12.4 Å². The lowest BCUT2D eigenvalue weighted by Gasteiger charge is -2.11. The van der Waals surface area contributed by atoms with Crippen molar-refractivity contribution in [3.63, 3.8) is 0 Å². The highest BCUT2D eigenvalue weighted by molar-refractivity contribution is 7.71. The summed E-state index contributed by atoms with van der Waals surface area (Å²) in [5.41, 5.74) is 1.10. The molecule has 0 aliphatic carbocycles. The first-order chi connectivity index (χ1) is 11.9. The number of ether oxygens (including phenoxy) is 1. The molecule has 0 spiro atoms. The van der Waals surface area contributed by atoms with E-state index in [1.54, 1.807) is 43.4 Å². The van der Waals surface area contributed by atoms with E-state index in [2.05, 4.69) is 10.3 Å². The van der Waals surface area contributed by atoms with Gasteiger partial charge in [-0.2, -0.15) is 0 Å². The van der Waals surface area contributed by atoms with Crippen molar-refractivity contribution >= 4 is 46.3 Å². The predicted molar refractivity (Wildman–Crippen MR) is 100 cm³/mol. The van der Waals surface area contributed by atoms with Crippen LogP contribution in [-0.2, 0) is 7.05 Å². The molecule has 1 amide bonds. The average molecular weight is 376 g/mol. The fourth-order valence-electron chi connectivity index (χ4n) is 2.42. The minimum Gasteiger partial charge on any atom is -0.495 e. The highest BCUT2D eigenvalue weighted by atomic mass is 35.5. The van der Waals surface area contributed by atoms with Crippen molar-refractivity contribution in [3.05, 3.63) is 62.1 Å². The normalized spacial score (nSPS) is 10.7. The molecule has 25 heavy (non-hydrogen) atoms. The maximum Gasteiger partial charge on any atom is 0.261 e. The summed E-state index contributed by atoms with van der Waals surface area (Å²) in [6, 6.07) is 9.68. The molecule has 0 fully saturated rings. The van der Waals surface area contributed by atoms with Crippen molar-refractivity contribution in [1.29, 1.82) is 0 Å². The minimum absolute atomic E-state index is 0.220. The maximum atomic E-state index is 12.5. The summed E-state index contributed by atoms with van der Waals surface area (Å²) in [5, 5.41) is 3.68. The molecule has 128 valence electrons. The van der Waals surface area contributed by atoms with Gasteiger partial charge in [-0.05, 0) is 48.6 Å². The van der Waals surface area contributed by atoms with Crippen LogP contribution in [-0.4, -0.2) is 22.6 Å². The van der Waals surface area contributed by atoms with Gasteiger partial charge >= 0.3 is 0 Å². The molecule has 3 rings (SSSR count). The van der Waals surface area contributed by atoms with E-state index in [9.17, 15) is 9.59 Å². The average Bonchev–Trinajstić information content (AvgIpc) is 2.59. The Labute approximate surface area is 153 Å². The Kier molecular flexibility index (Phi) is 4.61. The molecular formula is C17H14ClN3O3S. The second kappa shape index (κ2) is 6.70. The quantitative estimate of drug-likeness (QED) is 0.687. The molecule has 6 nitrogen and oxygen atoms in total. The summed E-state index contributed by atoms with van der Waals surface area (Å²) < 4.78 is 6.84. The highest BCUT2D eigenvalue weighted by Gasteiger charge is 2.12. The van der Waals surface area contributed by atoms with Crippen LogP contribution in [0.3, 0.4) is 0 Å². The van der Waals surface area contributed by atoms with E-state index in [-0.39, 0.29) is 16.2 Å². The molecule has 0 unspecified atom stereocenters. The fraction of sp³-hybridized carbons (Fsp3) is 0.118. The van der Waals surface area contributed by atoms with Gasteiger partial charge in [-0.25, -0.2) is 0 Å². The minimum atomic E-state index is -0.359. The number of amides is 1. The topological polar surface area (TPSA) is 76.1 Å². The third-order valence-electron chi connectivity index (χ3n) is 3.77. The number of fused-ring (bicyclic) bond motifs is 1. The number of hydrogen-bond donors (Lipinski definition) is 2. The molecule has 3 aromatic rings. The van der Waals surface area contributed by atoms with Crippen LogP contribution in [0.2, 0.25) is 5.02 Å². The molecule has 2 N–H and O–H groups in total. The van der Waals surface area contributed by atoms with E-state index in [1.165, 1.54) is 11.7 Å². The molecule has 0 saturated heterocycles. The van der Waals surface area contributed by atoms with Gasteiger partial charge < -0.3 is 15.0 Å². The lowest BCUT2D eigenvalue weighted by molar-refractivity contribution is 0.102. The molecule has 1 heterocycles. The van der Waals surface area contributed by atoms with Gasteiger partial charge in [0.05, 0.1) is 23.7 Å². The zero-order valence-corrected chi connectivity index (χ0v) is 15.0. The largest absolute Gasteiger partial charge is 0.495 e. The Morgan fingerprint density at radius 2 is 2.04 bits per heavy atom. The first-order valence-corrected chi connectivity index (χ1v) is 8.07. The van der Waals surface area contributed by atoms with Gasteiger partial charge in [0.2, 0.25) is 0 Å². The summed E-state index contributed by atoms with van der Waals surface area (Å²) in [6.07, 6.45) is 0. The van der Waals surface area contributed by atoms with E-state index in [0.29, 0.717) is 32.9 Å². The Balaban J connectivity index is 2.01. The van der Waals surface area contributed by atoms with E-state index >= 15 is 0 Å². The Bertz CT molecular complexity index is 1100. The summed E-state index contributed by atoms with van der Waals surface area (Å²) >= 11 is 11.1. The Hall–Kier alpha value is -2.64. The number of nitrogens with one attached hydrogen (secondary N) is 2. The molecule has 8 heteroatoms. The van der Waals surface area contributed by atoms with Crippen LogP contribution < -0.4 is 15.6 Å². The van der Waals surface area contributed by atoms with Crippen molar-refractivity contribution in [1.82, 2.24) is 9.55 Å². The van der Waals surface area contributed by atoms with Crippen LogP contribution in [0, 0.1) is 4.77 Å². The second-order valence-corrected chi connectivity index (χ2v) is 6.18. The molecule has 0 atom stereocenters. The monoisotopic (exact) mass is 375 g/mol. The van der Waals surface area contributed by atoms with Crippen molar-refractivity contribution in [2.45, 2.75) is 0 Å². The number of carbonyl (C=O) groups is 1. The fourth-order valence-corrected chi connectivity index (χ4v) is 2.78. The second-order valence-electron chi connectivity index (χ2n) is 5.35. The first kappa shape index (κ1) is 17.2. The van der Waals surface area contributed by atoms with E-state index in [4.69, 9.17) is 28.6 Å². The van der Waals surface area contributed by atoms with Crippen LogP contribution >= 0.6 is 23.8 Å². The smallest absolute Gasteiger partial charge is 0.261 e. The number of benzene rings is 2. The van der Waals surface area contributed by atoms with Crippen LogP contribution in [0.25, 0.3) is 10.9 Å². The number of methoxy groups -OCH3 is 1. The van der Waals surface area contributed by atoms with Gasteiger partial charge in [-0.15, -0.1) is 0 Å². The number of aromatic nitrogens is 2. The van der Waals surface area contributed by atoms with Gasteiger partial charge in [-0.3, -0.25) is 14.2 Å². The Morgan fingerprint density at radius 1 is 1.28 bits per heavy atom. The molecule has 0 aliphatic heterocycles. The number of anilines is 1. The highest BCUT2D eigenvalue weighted by Crippen LogP contribution is 2.28. The Morgan fingerprint density at radius 3 is 2.76 bits per heavy atom. The molecule has 2 aromatic carbocycles. The zero-order chi connectivity index (χ0) is 18.1. The van der Waals surface area contributed by atoms with E-state index in [0.717, 1.165) is 0 Å². The van der Waals surface area contributed by atoms with Crippen molar-refractivity contribution in [3.8, 4) is 5.75 Å². The number of halogens is 1. The molecular weight excluding hydrogens is 362 g/mol. The first-order valence-electron chi connectivity index (χ1n) is 7.28. The van der Waals surface area contributed by atoms with Crippen LogP contribution in [0.4, 0.5) is 5.69 Å². The lowest BCUT2D eigenvalue weighted by Crippen LogP contribution is -2.19. The lowest BCUT2D eigenvalue weighted by atomic mass is 10.1. The van der Waals surface area contributed by atoms with Gasteiger partial charge in [0.1, 0.15) is 5.75 Å². The van der Waals surface area contributed by atoms with E-state index in [1.807, 2.05) is 0 Å². The van der Waals surface area contributed by atoms with E-state index < -0.39 is 0 Å². The number of hydrogen-bond acceptors (Lipinski definition) is 4. The number of nitrogens with zero attached hydrogens (tertiary/aromatic N) is 1. The van der Waals surface area contributed by atoms with Crippen LogP contribution in [0.5, 0.6) is 5.75 Å². The maximum absolute atomic E-state index is 12.5. The number of H-pyrrole nitrogens is 1. The van der Waals surface area contributed by atoms with Gasteiger partial charge in [0.15, 0.2) is 4.77 Å². The summed E-state index contributed by atoms with van der Waals surface area (Å²) in [4.78, 5) is 27.7. The summed E-state index contributed by atoms with van der Waals surface area (Å²) in [6.45, 7) is 0. The molecule has 0 saturated carbocycles. The molecule has 0 aliphatic rings. The number of rotatable bonds is 3. The standard InChI is InChI=1S/C17H14ClN3O3S/c1-21-16(23)11-5-3-9(7-12(11)20-17(21)25)15(22)19-13-8-10(18)4-6-14(13)24-2/h3-8H,1-2H3,(H,19,22)(H,20,25). The van der Waals surface area contributed by atoms with Gasteiger partial charge in [-0.1, -0.05) is 11.6 Å². The SMILES string of the molecule is COc1ccc(Cl)cc1NC(=O)c1ccc2c(=O)n(C)c(=S)[nH]c2c1. The predicted octanol–water partition coefficient (Wildman–Crippen LogP) is 3.51. The third kappa shape index (κ3) is 3.29. The van der Waals surface area contributed by atoms with Gasteiger partial charge in [0.25, 0.3) is 11.5 Å². The number of aromatic amines is 1. The summed E-state index contributed by atoms with van der Waals surface area (Å²) in [7, 11) is 3.09. The molecule has 0 bridgehead atoms. The van der Waals surface area contributed by atoms with Crippen molar-refractivity contribution in [2.24, 2.45) is 7.05 Å². The molecule has 0 radical (unpaired) electrons. The summed E-state index contributed by atoms with van der Waals surface area (Å²) in [5.74, 6) is 0.134. The molecule has 1 aromatic heterocycles. The van der Waals surface area contributed by atoms with Gasteiger partial charge in [0, 0.05) is 17.6 Å². The third-order valence-corrected chi connectivity index (χ3v) is 4.38. The van der Waals surface area contributed by atoms with Crippen LogP contribution in [0.15, 0.2) is 41.2 Å². The van der Waals surface area contributed by atoms with Crippen molar-refractivity contribution < 1.29 is 9.53 Å².